The number of tetrazole rings is 1. The number of benzene rings is 3. The van der Waals surface area contributed by atoms with Crippen molar-refractivity contribution in [3.05, 3.63) is 95.1 Å². The molecule has 1 heterocycles. The lowest BCUT2D eigenvalue weighted by Gasteiger charge is -2.18. The van der Waals surface area contributed by atoms with E-state index in [1.54, 1.807) is 4.68 Å². The number of amides is 1. The first-order valence-corrected chi connectivity index (χ1v) is 10.8. The number of aryl methyl sites for hydroxylation is 3. The zero-order valence-electron chi connectivity index (χ0n) is 17.6. The Bertz CT molecular complexity index is 1210. The maximum absolute atomic E-state index is 13.4. The van der Waals surface area contributed by atoms with Crippen molar-refractivity contribution in [3.63, 3.8) is 0 Å². The molecule has 0 aliphatic heterocycles. The van der Waals surface area contributed by atoms with E-state index in [9.17, 15) is 4.79 Å². The van der Waals surface area contributed by atoms with Crippen LogP contribution in [0.3, 0.4) is 0 Å². The zero-order valence-corrected chi connectivity index (χ0v) is 18.4. The van der Waals surface area contributed by atoms with Gasteiger partial charge in [-0.2, -0.15) is 4.68 Å². The van der Waals surface area contributed by atoms with Crippen LogP contribution in [0.5, 0.6) is 0 Å². The predicted molar refractivity (Wildman–Crippen MR) is 123 cm³/mol. The topological polar surface area (TPSA) is 72.7 Å². The zero-order chi connectivity index (χ0) is 21.8. The summed E-state index contributed by atoms with van der Waals surface area (Å²) in [6.07, 6.45) is 0. The Balaban J connectivity index is 1.67. The van der Waals surface area contributed by atoms with Crippen LogP contribution in [0.25, 0.3) is 5.69 Å². The van der Waals surface area contributed by atoms with Crippen molar-refractivity contribution in [1.82, 2.24) is 20.2 Å². The smallest absolute Gasteiger partial charge is 0.242 e. The average Bonchev–Trinajstić information content (AvgIpc) is 3.23. The highest BCUT2D eigenvalue weighted by molar-refractivity contribution is 8.00. The summed E-state index contributed by atoms with van der Waals surface area (Å²) in [6, 6.07) is 23.6. The fourth-order valence-electron chi connectivity index (χ4n) is 3.25. The Morgan fingerprint density at radius 1 is 0.935 bits per heavy atom. The van der Waals surface area contributed by atoms with Crippen molar-refractivity contribution in [3.8, 4) is 5.69 Å². The number of nitrogens with zero attached hydrogens (tertiary/aromatic N) is 4. The summed E-state index contributed by atoms with van der Waals surface area (Å²) in [5.74, 6) is -0.122. The van der Waals surface area contributed by atoms with Gasteiger partial charge in [0.25, 0.3) is 0 Å². The number of anilines is 1. The van der Waals surface area contributed by atoms with Crippen LogP contribution in [0, 0.1) is 20.8 Å². The number of thioether (sulfide) groups is 1. The summed E-state index contributed by atoms with van der Waals surface area (Å²) in [6.45, 7) is 6.01. The van der Waals surface area contributed by atoms with E-state index < -0.39 is 5.25 Å². The number of aromatic nitrogens is 4. The van der Waals surface area contributed by atoms with Gasteiger partial charge in [0.2, 0.25) is 11.1 Å². The molecule has 1 atom stereocenters. The molecule has 0 spiro atoms. The Hall–Kier alpha value is -3.45. The highest BCUT2D eigenvalue weighted by atomic mass is 32.2. The summed E-state index contributed by atoms with van der Waals surface area (Å²) in [7, 11) is 0. The fraction of sp³-hybridized carbons (Fsp3) is 0.167. The quantitative estimate of drug-likeness (QED) is 0.434. The highest BCUT2D eigenvalue weighted by Crippen LogP contribution is 2.36. The molecule has 0 unspecified atom stereocenters. The van der Waals surface area contributed by atoms with Gasteiger partial charge in [-0.3, -0.25) is 4.79 Å². The second-order valence-corrected chi connectivity index (χ2v) is 8.50. The largest absolute Gasteiger partial charge is 0.325 e. The number of carbonyl (C=O) groups excluding carboxylic acids is 1. The Kier molecular flexibility index (Phi) is 6.13. The lowest BCUT2D eigenvalue weighted by atomic mass is 10.1. The van der Waals surface area contributed by atoms with Crippen molar-refractivity contribution < 1.29 is 4.79 Å². The van der Waals surface area contributed by atoms with E-state index >= 15 is 0 Å². The van der Waals surface area contributed by atoms with Gasteiger partial charge in [0, 0.05) is 5.69 Å². The van der Waals surface area contributed by atoms with Crippen LogP contribution >= 0.6 is 11.8 Å². The van der Waals surface area contributed by atoms with Gasteiger partial charge in [0.1, 0.15) is 5.25 Å². The molecule has 4 rings (SSSR count). The molecule has 1 amide bonds. The Labute approximate surface area is 185 Å². The van der Waals surface area contributed by atoms with E-state index in [0.29, 0.717) is 5.16 Å². The highest BCUT2D eigenvalue weighted by Gasteiger charge is 2.26. The fourth-order valence-corrected chi connectivity index (χ4v) is 4.24. The average molecular weight is 430 g/mol. The molecule has 0 saturated carbocycles. The minimum absolute atomic E-state index is 0.122. The molecule has 0 bridgehead atoms. The normalized spacial score (nSPS) is 11.8. The number of rotatable bonds is 6. The van der Waals surface area contributed by atoms with Gasteiger partial charge < -0.3 is 5.32 Å². The molecule has 156 valence electrons. The van der Waals surface area contributed by atoms with Gasteiger partial charge in [-0.15, -0.1) is 5.10 Å². The minimum Gasteiger partial charge on any atom is -0.325 e. The predicted octanol–water partition coefficient (Wildman–Crippen LogP) is 5.06. The molecule has 0 aliphatic rings. The van der Waals surface area contributed by atoms with Crippen LogP contribution in [0.15, 0.2) is 78.0 Å². The number of hydrogen-bond donors (Lipinski definition) is 1. The first-order chi connectivity index (χ1) is 15.0. The number of hydrogen-bond acceptors (Lipinski definition) is 5. The molecule has 0 saturated heterocycles. The third-order valence-electron chi connectivity index (χ3n) is 4.90. The third-order valence-corrected chi connectivity index (χ3v) is 6.09. The van der Waals surface area contributed by atoms with Crippen molar-refractivity contribution >= 4 is 23.4 Å². The van der Waals surface area contributed by atoms with E-state index in [2.05, 4.69) is 20.8 Å². The Morgan fingerprint density at radius 2 is 1.71 bits per heavy atom. The van der Waals surface area contributed by atoms with Crippen LogP contribution in [0.1, 0.15) is 27.5 Å². The van der Waals surface area contributed by atoms with E-state index in [0.717, 1.165) is 33.6 Å². The lowest BCUT2D eigenvalue weighted by molar-refractivity contribution is -0.115. The van der Waals surface area contributed by atoms with Gasteiger partial charge in [0.05, 0.1) is 5.69 Å². The van der Waals surface area contributed by atoms with Gasteiger partial charge in [-0.25, -0.2) is 0 Å². The van der Waals surface area contributed by atoms with Crippen LogP contribution in [-0.4, -0.2) is 26.1 Å². The molecule has 4 aromatic rings. The first kappa shape index (κ1) is 20.8. The van der Waals surface area contributed by atoms with Crippen molar-refractivity contribution in [2.45, 2.75) is 31.2 Å². The molecule has 1 N–H and O–H groups in total. The minimum atomic E-state index is -0.518. The van der Waals surface area contributed by atoms with E-state index in [1.807, 2.05) is 93.6 Å². The van der Waals surface area contributed by atoms with Gasteiger partial charge in [-0.05, 0) is 71.7 Å². The molecular formula is C24H23N5OS. The van der Waals surface area contributed by atoms with Gasteiger partial charge >= 0.3 is 0 Å². The molecule has 7 heteroatoms. The summed E-state index contributed by atoms with van der Waals surface area (Å²) < 4.78 is 1.67. The summed E-state index contributed by atoms with van der Waals surface area (Å²) in [4.78, 5) is 13.4. The summed E-state index contributed by atoms with van der Waals surface area (Å²) in [5.41, 5.74) is 5.76. The number of carbonyl (C=O) groups is 1. The van der Waals surface area contributed by atoms with E-state index in [1.165, 1.54) is 11.8 Å². The van der Waals surface area contributed by atoms with Crippen LogP contribution < -0.4 is 5.32 Å². The second kappa shape index (κ2) is 9.14. The van der Waals surface area contributed by atoms with Crippen LogP contribution in [-0.2, 0) is 4.79 Å². The van der Waals surface area contributed by atoms with Crippen molar-refractivity contribution in [2.24, 2.45) is 0 Å². The summed E-state index contributed by atoms with van der Waals surface area (Å²) >= 11 is 1.33. The maximum atomic E-state index is 13.4. The van der Waals surface area contributed by atoms with Crippen molar-refractivity contribution in [1.29, 1.82) is 0 Å². The van der Waals surface area contributed by atoms with Crippen LogP contribution in [0.4, 0.5) is 5.69 Å². The van der Waals surface area contributed by atoms with E-state index in [4.69, 9.17) is 0 Å². The molecule has 6 nitrogen and oxygen atoms in total. The van der Waals surface area contributed by atoms with Gasteiger partial charge in [0.15, 0.2) is 0 Å². The molecule has 0 radical (unpaired) electrons. The molecule has 0 fully saturated rings. The maximum Gasteiger partial charge on any atom is 0.242 e. The lowest BCUT2D eigenvalue weighted by Crippen LogP contribution is -2.20. The Morgan fingerprint density at radius 3 is 2.48 bits per heavy atom. The van der Waals surface area contributed by atoms with Gasteiger partial charge in [-0.1, -0.05) is 66.4 Å². The molecule has 31 heavy (non-hydrogen) atoms. The second-order valence-electron chi connectivity index (χ2n) is 7.43. The van der Waals surface area contributed by atoms with E-state index in [-0.39, 0.29) is 5.91 Å². The molecule has 0 aliphatic carbocycles. The SMILES string of the molecule is Cc1cccc(-n2nnnc2S[C@H](C(=O)Nc2cc(C)ccc2C)c2ccccc2)c1. The summed E-state index contributed by atoms with van der Waals surface area (Å²) in [5, 5.41) is 15.3. The molecule has 1 aromatic heterocycles. The first-order valence-electron chi connectivity index (χ1n) is 9.96. The van der Waals surface area contributed by atoms with Crippen LogP contribution in [0.2, 0.25) is 0 Å². The monoisotopic (exact) mass is 429 g/mol. The third kappa shape index (κ3) is 4.83. The number of nitrogens with one attached hydrogen (secondary N) is 1. The molecule has 3 aromatic carbocycles. The standard InChI is InChI=1S/C24H23N5OS/c1-16-8-7-11-20(14-16)29-24(26-27-28-29)31-22(19-9-5-4-6-10-19)23(30)25-21-15-17(2)12-13-18(21)3/h4-15,22H,1-3H3,(H,25,30)/t22-/m0/s1. The molecular weight excluding hydrogens is 406 g/mol. The van der Waals surface area contributed by atoms with Crippen molar-refractivity contribution in [2.75, 3.05) is 5.32 Å².